The molecule has 28 heavy (non-hydrogen) atoms. The molecule has 7 nitrogen and oxygen atoms in total. The Balaban J connectivity index is 1.39. The van der Waals surface area contributed by atoms with E-state index in [1.165, 1.54) is 44.3 Å². The van der Waals surface area contributed by atoms with E-state index in [2.05, 4.69) is 48.7 Å². The van der Waals surface area contributed by atoms with Gasteiger partial charge in [0.05, 0.1) is 6.54 Å². The summed E-state index contributed by atoms with van der Waals surface area (Å²) in [4.78, 5) is 11.6. The highest BCUT2D eigenvalue weighted by Gasteiger charge is 2.26. The van der Waals surface area contributed by atoms with Crippen LogP contribution >= 0.6 is 0 Å². The summed E-state index contributed by atoms with van der Waals surface area (Å²) in [6, 6.07) is 4.30. The van der Waals surface area contributed by atoms with Crippen LogP contribution in [0, 0.1) is 0 Å². The van der Waals surface area contributed by atoms with Crippen LogP contribution in [0.4, 0.5) is 5.82 Å². The van der Waals surface area contributed by atoms with Gasteiger partial charge in [0, 0.05) is 46.3 Å². The fourth-order valence-corrected chi connectivity index (χ4v) is 4.45. The third kappa shape index (κ3) is 4.36. The Hall–Kier alpha value is -1.99. The molecule has 2 saturated heterocycles. The van der Waals surface area contributed by atoms with Crippen molar-refractivity contribution in [2.24, 2.45) is 7.05 Å². The van der Waals surface area contributed by atoms with Crippen molar-refractivity contribution >= 4 is 5.82 Å². The van der Waals surface area contributed by atoms with Gasteiger partial charge in [0.1, 0.15) is 17.5 Å². The average molecular weight is 384 g/mol. The Morgan fingerprint density at radius 1 is 1.00 bits per heavy atom. The second kappa shape index (κ2) is 8.57. The van der Waals surface area contributed by atoms with Gasteiger partial charge < -0.3 is 9.47 Å². The molecule has 1 atom stereocenters. The molecule has 4 heterocycles. The monoisotopic (exact) mass is 383 g/mol. The average Bonchev–Trinajstić information content (AvgIpc) is 3.33. The van der Waals surface area contributed by atoms with E-state index in [4.69, 9.17) is 0 Å². The zero-order valence-electron chi connectivity index (χ0n) is 17.5. The number of anilines is 1. The number of piperidine rings is 1. The quantitative estimate of drug-likeness (QED) is 0.763. The van der Waals surface area contributed by atoms with E-state index in [9.17, 15) is 0 Å². The maximum Gasteiger partial charge on any atom is 0.146 e. The number of rotatable bonds is 6. The van der Waals surface area contributed by atoms with Crippen molar-refractivity contribution in [1.82, 2.24) is 29.5 Å². The molecule has 2 aromatic heterocycles. The Bertz CT molecular complexity index is 762. The SMILES string of the molecule is CN(C)c1ccc(CN2CCC[C@@H](c3nnc(CN4CCCC4)n3C)C2)cn1. The van der Waals surface area contributed by atoms with Crippen LogP contribution in [-0.4, -0.2) is 69.8 Å². The van der Waals surface area contributed by atoms with Crippen LogP contribution in [0.5, 0.6) is 0 Å². The highest BCUT2D eigenvalue weighted by molar-refractivity contribution is 5.37. The van der Waals surface area contributed by atoms with Crippen LogP contribution < -0.4 is 4.90 Å². The molecule has 0 spiro atoms. The molecule has 0 unspecified atom stereocenters. The van der Waals surface area contributed by atoms with Gasteiger partial charge in [0.2, 0.25) is 0 Å². The Labute approximate surface area is 168 Å². The first kappa shape index (κ1) is 19.3. The van der Waals surface area contributed by atoms with E-state index in [1.807, 2.05) is 25.2 Å². The van der Waals surface area contributed by atoms with Gasteiger partial charge in [-0.2, -0.15) is 0 Å². The Morgan fingerprint density at radius 3 is 2.50 bits per heavy atom. The summed E-state index contributed by atoms with van der Waals surface area (Å²) in [6.45, 7) is 6.47. The Morgan fingerprint density at radius 2 is 1.79 bits per heavy atom. The normalized spacial score (nSPS) is 21.3. The summed E-state index contributed by atoms with van der Waals surface area (Å²) >= 11 is 0. The van der Waals surface area contributed by atoms with Crippen molar-refractivity contribution in [1.29, 1.82) is 0 Å². The molecular formula is C21H33N7. The zero-order chi connectivity index (χ0) is 19.5. The molecule has 0 aliphatic carbocycles. The fraction of sp³-hybridized carbons (Fsp3) is 0.667. The van der Waals surface area contributed by atoms with Gasteiger partial charge in [-0.15, -0.1) is 10.2 Å². The third-order valence-corrected chi connectivity index (χ3v) is 6.11. The van der Waals surface area contributed by atoms with E-state index in [0.717, 1.165) is 43.6 Å². The first-order valence-corrected chi connectivity index (χ1v) is 10.6. The minimum atomic E-state index is 0.465. The molecule has 2 aliphatic heterocycles. The van der Waals surface area contributed by atoms with Crippen LogP contribution in [0.3, 0.4) is 0 Å². The number of hydrogen-bond donors (Lipinski definition) is 0. The van der Waals surface area contributed by atoms with Crippen molar-refractivity contribution < 1.29 is 0 Å². The van der Waals surface area contributed by atoms with Crippen molar-refractivity contribution in [2.45, 2.75) is 44.7 Å². The Kier molecular flexibility index (Phi) is 5.92. The molecular weight excluding hydrogens is 350 g/mol. The third-order valence-electron chi connectivity index (χ3n) is 6.11. The molecule has 152 valence electrons. The van der Waals surface area contributed by atoms with Gasteiger partial charge in [-0.1, -0.05) is 6.07 Å². The lowest BCUT2D eigenvalue weighted by atomic mass is 9.97. The van der Waals surface area contributed by atoms with Gasteiger partial charge in [-0.3, -0.25) is 9.80 Å². The van der Waals surface area contributed by atoms with Crippen molar-refractivity contribution in [3.63, 3.8) is 0 Å². The summed E-state index contributed by atoms with van der Waals surface area (Å²) in [5.74, 6) is 3.73. The summed E-state index contributed by atoms with van der Waals surface area (Å²) < 4.78 is 2.25. The van der Waals surface area contributed by atoms with E-state index < -0.39 is 0 Å². The molecule has 7 heteroatoms. The maximum atomic E-state index is 4.60. The number of likely N-dealkylation sites (tertiary alicyclic amines) is 2. The lowest BCUT2D eigenvalue weighted by molar-refractivity contribution is 0.194. The number of aromatic nitrogens is 4. The van der Waals surface area contributed by atoms with E-state index in [-0.39, 0.29) is 0 Å². The predicted octanol–water partition coefficient (Wildman–Crippen LogP) is 2.25. The molecule has 0 amide bonds. The molecule has 0 aromatic carbocycles. The molecule has 0 radical (unpaired) electrons. The molecule has 2 aliphatic rings. The van der Waals surface area contributed by atoms with Crippen LogP contribution in [0.25, 0.3) is 0 Å². The van der Waals surface area contributed by atoms with Gasteiger partial charge in [-0.25, -0.2) is 4.98 Å². The predicted molar refractivity (Wildman–Crippen MR) is 111 cm³/mol. The van der Waals surface area contributed by atoms with Crippen molar-refractivity contribution in [3.05, 3.63) is 35.5 Å². The second-order valence-electron chi connectivity index (χ2n) is 8.51. The molecule has 2 aromatic rings. The van der Waals surface area contributed by atoms with Gasteiger partial charge >= 0.3 is 0 Å². The summed E-state index contributed by atoms with van der Waals surface area (Å²) in [6.07, 6.45) is 7.04. The lowest BCUT2D eigenvalue weighted by Crippen LogP contribution is -2.35. The van der Waals surface area contributed by atoms with Crippen molar-refractivity contribution in [2.75, 3.05) is 45.2 Å². The van der Waals surface area contributed by atoms with E-state index in [1.54, 1.807) is 0 Å². The minimum absolute atomic E-state index is 0.465. The van der Waals surface area contributed by atoms with Gasteiger partial charge in [0.25, 0.3) is 0 Å². The highest BCUT2D eigenvalue weighted by atomic mass is 15.3. The first-order chi connectivity index (χ1) is 13.6. The van der Waals surface area contributed by atoms with Crippen LogP contribution in [-0.2, 0) is 20.1 Å². The van der Waals surface area contributed by atoms with Crippen LogP contribution in [0.15, 0.2) is 18.3 Å². The van der Waals surface area contributed by atoms with Gasteiger partial charge in [0.15, 0.2) is 0 Å². The van der Waals surface area contributed by atoms with Crippen LogP contribution in [0.1, 0.15) is 48.8 Å². The molecule has 2 fully saturated rings. The number of pyridine rings is 1. The first-order valence-electron chi connectivity index (χ1n) is 10.6. The van der Waals surface area contributed by atoms with E-state index in [0.29, 0.717) is 5.92 Å². The lowest BCUT2D eigenvalue weighted by Gasteiger charge is -2.32. The fourth-order valence-electron chi connectivity index (χ4n) is 4.45. The molecule has 0 bridgehead atoms. The second-order valence-corrected chi connectivity index (χ2v) is 8.51. The smallest absolute Gasteiger partial charge is 0.146 e. The van der Waals surface area contributed by atoms with Crippen LogP contribution in [0.2, 0.25) is 0 Å². The highest BCUT2D eigenvalue weighted by Crippen LogP contribution is 2.27. The molecule has 0 N–H and O–H groups in total. The zero-order valence-corrected chi connectivity index (χ0v) is 17.5. The standard InChI is InChI=1S/C21H33N7/c1-25(2)19-9-8-17(13-22-19)14-28-12-6-7-18(15-28)21-24-23-20(26(21)3)16-27-10-4-5-11-27/h8-9,13,18H,4-7,10-12,14-16H2,1-3H3/t18-/m1/s1. The topological polar surface area (TPSA) is 53.3 Å². The minimum Gasteiger partial charge on any atom is -0.363 e. The summed E-state index contributed by atoms with van der Waals surface area (Å²) in [5, 5.41) is 9.12. The summed E-state index contributed by atoms with van der Waals surface area (Å²) in [5.41, 5.74) is 1.28. The molecule has 0 saturated carbocycles. The maximum absolute atomic E-state index is 4.60. The van der Waals surface area contributed by atoms with Gasteiger partial charge in [-0.05, 0) is 56.9 Å². The molecule has 4 rings (SSSR count). The van der Waals surface area contributed by atoms with Crippen molar-refractivity contribution in [3.8, 4) is 0 Å². The number of nitrogens with zero attached hydrogens (tertiary/aromatic N) is 7. The largest absolute Gasteiger partial charge is 0.363 e. The summed E-state index contributed by atoms with van der Waals surface area (Å²) in [7, 11) is 6.19. The van der Waals surface area contributed by atoms with E-state index >= 15 is 0 Å². The number of hydrogen-bond acceptors (Lipinski definition) is 6.